The van der Waals surface area contributed by atoms with Crippen LogP contribution in [0.5, 0.6) is 0 Å². The maximum absolute atomic E-state index is 4.23. The van der Waals surface area contributed by atoms with Crippen molar-refractivity contribution in [2.24, 2.45) is 7.05 Å². The summed E-state index contributed by atoms with van der Waals surface area (Å²) in [6.45, 7) is 9.90. The number of aryl methyl sites for hydroxylation is 1. The SMILES string of the molecule is CCNC(CSC(C)(C)C)c1cnn(C)c1. The molecule has 0 aliphatic rings. The highest BCUT2D eigenvalue weighted by atomic mass is 32.2. The fourth-order valence-corrected chi connectivity index (χ4v) is 2.45. The van der Waals surface area contributed by atoms with Gasteiger partial charge in [-0.2, -0.15) is 16.9 Å². The van der Waals surface area contributed by atoms with Gasteiger partial charge in [0.1, 0.15) is 0 Å². The molecule has 1 atom stereocenters. The summed E-state index contributed by atoms with van der Waals surface area (Å²) >= 11 is 1.99. The summed E-state index contributed by atoms with van der Waals surface area (Å²) in [6, 6.07) is 0.405. The lowest BCUT2D eigenvalue weighted by Gasteiger charge is -2.22. The third-order valence-electron chi connectivity index (χ3n) is 2.26. The number of rotatable bonds is 5. The molecule has 0 radical (unpaired) electrons. The third kappa shape index (κ3) is 4.58. The second-order valence-corrected chi connectivity index (χ2v) is 6.83. The van der Waals surface area contributed by atoms with Crippen LogP contribution in [0.4, 0.5) is 0 Å². The van der Waals surface area contributed by atoms with Crippen LogP contribution in [0.2, 0.25) is 0 Å². The average molecular weight is 241 g/mol. The predicted molar refractivity (Wildman–Crippen MR) is 71.8 cm³/mol. The maximum Gasteiger partial charge on any atom is 0.0537 e. The van der Waals surface area contributed by atoms with E-state index in [1.54, 1.807) is 0 Å². The van der Waals surface area contributed by atoms with Crippen molar-refractivity contribution in [3.05, 3.63) is 18.0 Å². The Morgan fingerprint density at radius 2 is 2.19 bits per heavy atom. The highest BCUT2D eigenvalue weighted by Crippen LogP contribution is 2.28. The zero-order valence-corrected chi connectivity index (χ0v) is 11.8. The molecule has 3 nitrogen and oxygen atoms in total. The molecule has 0 amide bonds. The van der Waals surface area contributed by atoms with E-state index < -0.39 is 0 Å². The summed E-state index contributed by atoms with van der Waals surface area (Å²) in [4.78, 5) is 0. The largest absolute Gasteiger partial charge is 0.309 e. The molecule has 0 bridgehead atoms. The number of hydrogen-bond donors (Lipinski definition) is 1. The minimum atomic E-state index is 0.315. The average Bonchev–Trinajstić information content (AvgIpc) is 2.57. The second kappa shape index (κ2) is 5.73. The summed E-state index contributed by atoms with van der Waals surface area (Å²) in [5, 5.41) is 7.74. The number of hydrogen-bond acceptors (Lipinski definition) is 3. The van der Waals surface area contributed by atoms with Crippen molar-refractivity contribution in [1.29, 1.82) is 0 Å². The first kappa shape index (κ1) is 13.6. The van der Waals surface area contributed by atoms with Crippen molar-refractivity contribution in [3.8, 4) is 0 Å². The molecule has 1 N–H and O–H groups in total. The van der Waals surface area contributed by atoms with Crippen LogP contribution >= 0.6 is 11.8 Å². The van der Waals surface area contributed by atoms with E-state index >= 15 is 0 Å². The molecule has 1 aromatic heterocycles. The molecule has 1 heterocycles. The molecular formula is C12H23N3S. The topological polar surface area (TPSA) is 29.9 Å². The normalized spacial score (nSPS) is 14.1. The zero-order chi connectivity index (χ0) is 12.2. The summed E-state index contributed by atoms with van der Waals surface area (Å²) < 4.78 is 2.18. The number of aromatic nitrogens is 2. The van der Waals surface area contributed by atoms with Gasteiger partial charge < -0.3 is 5.32 Å². The van der Waals surface area contributed by atoms with Crippen LogP contribution in [0.1, 0.15) is 39.3 Å². The molecule has 0 spiro atoms. The van der Waals surface area contributed by atoms with Crippen LogP contribution in [0.3, 0.4) is 0 Å². The Bertz CT molecular complexity index is 314. The highest BCUT2D eigenvalue weighted by Gasteiger charge is 2.17. The summed E-state index contributed by atoms with van der Waals surface area (Å²) in [7, 11) is 1.96. The van der Waals surface area contributed by atoms with Gasteiger partial charge in [0.15, 0.2) is 0 Å². The van der Waals surface area contributed by atoms with Crippen LogP contribution in [0.15, 0.2) is 12.4 Å². The standard InChI is InChI=1S/C12H23N3S/c1-6-13-11(9-16-12(2,3)4)10-7-14-15(5)8-10/h7-8,11,13H,6,9H2,1-5H3. The van der Waals surface area contributed by atoms with Gasteiger partial charge in [0.25, 0.3) is 0 Å². The lowest BCUT2D eigenvalue weighted by Crippen LogP contribution is -2.24. The van der Waals surface area contributed by atoms with Crippen molar-refractivity contribution in [1.82, 2.24) is 15.1 Å². The van der Waals surface area contributed by atoms with Crippen molar-refractivity contribution in [3.63, 3.8) is 0 Å². The van der Waals surface area contributed by atoms with Gasteiger partial charge in [0.05, 0.1) is 6.20 Å². The Kier molecular flexibility index (Phi) is 4.87. The summed E-state index contributed by atoms with van der Waals surface area (Å²) in [6.07, 6.45) is 4.05. The van der Waals surface area contributed by atoms with E-state index in [0.717, 1.165) is 12.3 Å². The third-order valence-corrected chi connectivity index (χ3v) is 3.63. The van der Waals surface area contributed by atoms with Crippen molar-refractivity contribution in [2.45, 2.75) is 38.5 Å². The Labute approximate surface area is 103 Å². The first-order chi connectivity index (χ1) is 7.42. The molecule has 1 aromatic rings. The Morgan fingerprint density at radius 1 is 1.50 bits per heavy atom. The first-order valence-corrected chi connectivity index (χ1v) is 6.77. The van der Waals surface area contributed by atoms with Gasteiger partial charge in [-0.15, -0.1) is 0 Å². The Balaban J connectivity index is 2.61. The fraction of sp³-hybridized carbons (Fsp3) is 0.750. The smallest absolute Gasteiger partial charge is 0.0537 e. The molecule has 16 heavy (non-hydrogen) atoms. The lowest BCUT2D eigenvalue weighted by molar-refractivity contribution is 0.602. The van der Waals surface area contributed by atoms with Crippen LogP contribution in [-0.4, -0.2) is 26.8 Å². The van der Waals surface area contributed by atoms with Gasteiger partial charge in [0, 0.05) is 35.3 Å². The van der Waals surface area contributed by atoms with Crippen LogP contribution in [-0.2, 0) is 7.05 Å². The lowest BCUT2D eigenvalue weighted by atomic mass is 10.2. The number of nitrogens with one attached hydrogen (secondary N) is 1. The predicted octanol–water partition coefficient (Wildman–Crippen LogP) is 2.60. The van der Waals surface area contributed by atoms with Gasteiger partial charge >= 0.3 is 0 Å². The van der Waals surface area contributed by atoms with E-state index in [-0.39, 0.29) is 0 Å². The van der Waals surface area contributed by atoms with E-state index in [0.29, 0.717) is 10.8 Å². The van der Waals surface area contributed by atoms with Crippen molar-refractivity contribution in [2.75, 3.05) is 12.3 Å². The molecule has 1 unspecified atom stereocenters. The van der Waals surface area contributed by atoms with Gasteiger partial charge in [-0.25, -0.2) is 0 Å². The summed E-state index contributed by atoms with van der Waals surface area (Å²) in [5.74, 6) is 1.09. The molecule has 0 aliphatic carbocycles. The minimum absolute atomic E-state index is 0.315. The van der Waals surface area contributed by atoms with E-state index in [4.69, 9.17) is 0 Å². The Hall–Kier alpha value is -0.480. The van der Waals surface area contributed by atoms with Gasteiger partial charge in [-0.05, 0) is 6.54 Å². The van der Waals surface area contributed by atoms with Gasteiger partial charge in [-0.3, -0.25) is 4.68 Å². The summed E-state index contributed by atoms with van der Waals surface area (Å²) in [5.41, 5.74) is 1.28. The quantitative estimate of drug-likeness (QED) is 0.859. The fourth-order valence-electron chi connectivity index (χ4n) is 1.47. The molecule has 0 fully saturated rings. The van der Waals surface area contributed by atoms with E-state index in [9.17, 15) is 0 Å². The molecule has 0 saturated carbocycles. The molecular weight excluding hydrogens is 218 g/mol. The molecule has 0 aliphatic heterocycles. The van der Waals surface area contributed by atoms with Crippen LogP contribution in [0.25, 0.3) is 0 Å². The number of nitrogens with zero attached hydrogens (tertiary/aromatic N) is 2. The second-order valence-electron chi connectivity index (χ2n) is 4.98. The Morgan fingerprint density at radius 3 is 2.62 bits per heavy atom. The van der Waals surface area contributed by atoms with Gasteiger partial charge in [-0.1, -0.05) is 27.7 Å². The highest BCUT2D eigenvalue weighted by molar-refractivity contribution is 8.00. The monoisotopic (exact) mass is 241 g/mol. The van der Waals surface area contributed by atoms with Crippen LogP contribution in [0, 0.1) is 0 Å². The van der Waals surface area contributed by atoms with Crippen molar-refractivity contribution < 1.29 is 0 Å². The van der Waals surface area contributed by atoms with Crippen molar-refractivity contribution >= 4 is 11.8 Å². The van der Waals surface area contributed by atoms with E-state index in [1.807, 2.05) is 29.7 Å². The molecule has 1 rings (SSSR count). The molecule has 92 valence electrons. The van der Waals surface area contributed by atoms with E-state index in [2.05, 4.69) is 44.3 Å². The van der Waals surface area contributed by atoms with Crippen LogP contribution < -0.4 is 5.32 Å². The molecule has 0 aromatic carbocycles. The number of thioether (sulfide) groups is 1. The molecule has 4 heteroatoms. The van der Waals surface area contributed by atoms with E-state index in [1.165, 1.54) is 5.56 Å². The maximum atomic E-state index is 4.23. The first-order valence-electron chi connectivity index (χ1n) is 5.78. The minimum Gasteiger partial charge on any atom is -0.309 e. The molecule has 0 saturated heterocycles. The zero-order valence-electron chi connectivity index (χ0n) is 10.9. The van der Waals surface area contributed by atoms with Gasteiger partial charge in [0.2, 0.25) is 0 Å².